The van der Waals surface area contributed by atoms with Gasteiger partial charge in [-0.15, -0.1) is 22.7 Å². The van der Waals surface area contributed by atoms with Crippen LogP contribution in [0.3, 0.4) is 0 Å². The second-order valence-corrected chi connectivity index (χ2v) is 13.6. The van der Waals surface area contributed by atoms with Gasteiger partial charge in [0.15, 0.2) is 11.6 Å². The average molecular weight is 606 g/mol. The lowest BCUT2D eigenvalue weighted by atomic mass is 10.0. The Balaban J connectivity index is 1.90. The smallest absolute Gasteiger partial charge is 0.170 e. The molecule has 31 heavy (non-hydrogen) atoms. The van der Waals surface area contributed by atoms with Crippen molar-refractivity contribution in [2.45, 2.75) is 40.5 Å². The summed E-state index contributed by atoms with van der Waals surface area (Å²) < 4.78 is 41.6. The number of hydrogen-bond donors (Lipinski definition) is 0. The maximum atomic E-state index is 15.5. The highest BCUT2D eigenvalue weighted by Crippen LogP contribution is 2.46. The monoisotopic (exact) mass is 604 g/mol. The fraction of sp³-hybridized carbons (Fsp3) is 0.364. The molecule has 164 valence electrons. The van der Waals surface area contributed by atoms with Crippen molar-refractivity contribution < 1.29 is 8.78 Å². The number of nitrogens with zero attached hydrogens (tertiary/aromatic N) is 2. The predicted octanol–water partition coefficient (Wildman–Crippen LogP) is 9.35. The topological polar surface area (TPSA) is 25.8 Å². The van der Waals surface area contributed by atoms with Gasteiger partial charge in [0, 0.05) is 9.75 Å². The van der Waals surface area contributed by atoms with E-state index in [1.165, 1.54) is 22.7 Å². The SMILES string of the molecule is CC(C)Cc1cc(-c2c(F)c(F)c(-c3cc(CC(C)C)c(Br)s3)c3nsnc23)sc1Br. The van der Waals surface area contributed by atoms with Gasteiger partial charge in [-0.25, -0.2) is 8.78 Å². The molecule has 1 aromatic carbocycles. The third-order valence-corrected chi connectivity index (χ3v) is 9.34. The molecule has 0 saturated carbocycles. The second-order valence-electron chi connectivity index (χ2n) is 8.35. The lowest BCUT2D eigenvalue weighted by Gasteiger charge is -2.08. The standard InChI is InChI=1S/C22H20Br2F2N2S3/c1-9(2)5-11-7-13(29-21(11)23)15-17(25)18(26)16(20-19(15)27-31-28-20)14-8-12(6-10(3)4)22(24)30-14/h7-10H,5-6H2,1-4H3. The molecule has 0 fully saturated rings. The summed E-state index contributed by atoms with van der Waals surface area (Å²) in [5, 5.41) is 0. The summed E-state index contributed by atoms with van der Waals surface area (Å²) in [4.78, 5) is 1.33. The van der Waals surface area contributed by atoms with E-state index in [4.69, 9.17) is 0 Å². The highest BCUT2D eigenvalue weighted by atomic mass is 79.9. The number of rotatable bonds is 6. The van der Waals surface area contributed by atoms with Crippen LogP contribution in [-0.4, -0.2) is 8.75 Å². The summed E-state index contributed by atoms with van der Waals surface area (Å²) in [5.41, 5.74) is 3.41. The van der Waals surface area contributed by atoms with E-state index in [-0.39, 0.29) is 11.1 Å². The maximum Gasteiger partial charge on any atom is 0.170 e. The molecule has 0 aliphatic heterocycles. The Labute approximate surface area is 209 Å². The van der Waals surface area contributed by atoms with Crippen LogP contribution in [0.4, 0.5) is 8.78 Å². The Kier molecular flexibility index (Phi) is 6.99. The van der Waals surface area contributed by atoms with Gasteiger partial charge in [0.2, 0.25) is 0 Å². The van der Waals surface area contributed by atoms with Gasteiger partial charge < -0.3 is 0 Å². The number of thiophene rings is 2. The molecule has 0 N–H and O–H groups in total. The molecule has 0 saturated heterocycles. The number of aromatic nitrogens is 2. The molecule has 0 bridgehead atoms. The second kappa shape index (κ2) is 9.25. The van der Waals surface area contributed by atoms with Crippen LogP contribution in [0, 0.1) is 23.5 Å². The number of benzene rings is 1. The van der Waals surface area contributed by atoms with Crippen LogP contribution in [0.5, 0.6) is 0 Å². The van der Waals surface area contributed by atoms with Gasteiger partial charge in [-0.3, -0.25) is 0 Å². The third-order valence-electron chi connectivity index (χ3n) is 4.86. The molecule has 2 nitrogen and oxygen atoms in total. The quantitative estimate of drug-likeness (QED) is 0.219. The summed E-state index contributed by atoms with van der Waals surface area (Å²) in [6.45, 7) is 8.53. The normalized spacial score (nSPS) is 12.1. The minimum absolute atomic E-state index is 0.198. The first-order valence-corrected chi connectivity index (χ1v) is 13.8. The lowest BCUT2D eigenvalue weighted by Crippen LogP contribution is -1.96. The summed E-state index contributed by atoms with van der Waals surface area (Å²) in [7, 11) is 0. The number of hydrogen-bond acceptors (Lipinski definition) is 5. The zero-order valence-electron chi connectivity index (χ0n) is 17.4. The zero-order valence-corrected chi connectivity index (χ0v) is 23.0. The molecule has 0 aliphatic carbocycles. The van der Waals surface area contributed by atoms with E-state index in [0.29, 0.717) is 32.6 Å². The molecular formula is C22H20Br2F2N2S3. The van der Waals surface area contributed by atoms with Crippen molar-refractivity contribution in [1.82, 2.24) is 8.75 Å². The van der Waals surface area contributed by atoms with Crippen LogP contribution < -0.4 is 0 Å². The van der Waals surface area contributed by atoms with Gasteiger partial charge in [-0.2, -0.15) is 8.75 Å². The minimum Gasteiger partial charge on any atom is -0.203 e. The largest absolute Gasteiger partial charge is 0.203 e. The summed E-state index contributed by atoms with van der Waals surface area (Å²) >= 11 is 11.0. The average Bonchev–Trinajstić information content (AvgIpc) is 3.36. The predicted molar refractivity (Wildman–Crippen MR) is 136 cm³/mol. The fourth-order valence-corrected chi connectivity index (χ4v) is 7.68. The molecule has 0 aliphatic rings. The van der Waals surface area contributed by atoms with Crippen molar-refractivity contribution in [2.75, 3.05) is 0 Å². The zero-order chi connectivity index (χ0) is 22.4. The Morgan fingerprint density at radius 1 is 0.774 bits per heavy atom. The van der Waals surface area contributed by atoms with Gasteiger partial charge in [-0.1, -0.05) is 27.7 Å². The van der Waals surface area contributed by atoms with Gasteiger partial charge in [0.25, 0.3) is 0 Å². The highest BCUT2D eigenvalue weighted by Gasteiger charge is 2.27. The molecule has 9 heteroatoms. The van der Waals surface area contributed by atoms with Gasteiger partial charge in [-0.05, 0) is 79.8 Å². The van der Waals surface area contributed by atoms with Crippen LogP contribution in [0.25, 0.3) is 31.9 Å². The number of fused-ring (bicyclic) bond motifs is 1. The van der Waals surface area contributed by atoms with Gasteiger partial charge >= 0.3 is 0 Å². The Bertz CT molecular complexity index is 1160. The van der Waals surface area contributed by atoms with Crippen molar-refractivity contribution in [2.24, 2.45) is 11.8 Å². The molecular weight excluding hydrogens is 586 g/mol. The Morgan fingerprint density at radius 2 is 1.16 bits per heavy atom. The van der Waals surface area contributed by atoms with Crippen molar-refractivity contribution in [3.63, 3.8) is 0 Å². The molecule has 4 aromatic rings. The first kappa shape index (κ1) is 23.4. The van der Waals surface area contributed by atoms with E-state index in [0.717, 1.165) is 43.3 Å². The fourth-order valence-electron chi connectivity index (χ4n) is 3.61. The van der Waals surface area contributed by atoms with Gasteiger partial charge in [0.05, 0.1) is 30.4 Å². The van der Waals surface area contributed by atoms with Crippen LogP contribution >= 0.6 is 66.3 Å². The first-order valence-electron chi connectivity index (χ1n) is 9.87. The van der Waals surface area contributed by atoms with Crippen molar-refractivity contribution in [1.29, 1.82) is 0 Å². The van der Waals surface area contributed by atoms with Crippen molar-refractivity contribution in [3.05, 3.63) is 42.5 Å². The van der Waals surface area contributed by atoms with E-state index in [1.807, 2.05) is 12.1 Å². The van der Waals surface area contributed by atoms with Crippen molar-refractivity contribution in [3.8, 4) is 20.9 Å². The molecule has 0 amide bonds. The van der Waals surface area contributed by atoms with Gasteiger partial charge in [0.1, 0.15) is 11.0 Å². The maximum absolute atomic E-state index is 15.5. The Morgan fingerprint density at radius 3 is 1.52 bits per heavy atom. The van der Waals surface area contributed by atoms with Crippen LogP contribution in [-0.2, 0) is 12.8 Å². The molecule has 3 heterocycles. The van der Waals surface area contributed by atoms with Crippen molar-refractivity contribution >= 4 is 77.3 Å². The Hall–Kier alpha value is -0.740. The van der Waals surface area contributed by atoms with Crippen LogP contribution in [0.2, 0.25) is 0 Å². The molecule has 0 unspecified atom stereocenters. The molecule has 4 rings (SSSR count). The highest BCUT2D eigenvalue weighted by molar-refractivity contribution is 9.11. The molecule has 0 radical (unpaired) electrons. The minimum atomic E-state index is -0.866. The van der Waals surface area contributed by atoms with E-state index in [1.54, 1.807) is 0 Å². The first-order chi connectivity index (χ1) is 14.7. The number of halogens is 4. The van der Waals surface area contributed by atoms with E-state index in [9.17, 15) is 0 Å². The summed E-state index contributed by atoms with van der Waals surface area (Å²) in [5.74, 6) is -0.813. The van der Waals surface area contributed by atoms with Crippen LogP contribution in [0.1, 0.15) is 38.8 Å². The van der Waals surface area contributed by atoms with E-state index >= 15 is 8.78 Å². The van der Waals surface area contributed by atoms with Crippen LogP contribution in [0.15, 0.2) is 19.7 Å². The third kappa shape index (κ3) is 4.53. The molecule has 0 atom stereocenters. The van der Waals surface area contributed by atoms with E-state index in [2.05, 4.69) is 68.3 Å². The lowest BCUT2D eigenvalue weighted by molar-refractivity contribution is 0.516. The summed E-state index contributed by atoms with van der Waals surface area (Å²) in [6, 6.07) is 3.88. The molecule has 3 aromatic heterocycles. The molecule has 0 spiro atoms. The van der Waals surface area contributed by atoms with E-state index < -0.39 is 11.6 Å². The summed E-state index contributed by atoms with van der Waals surface area (Å²) in [6.07, 6.45) is 1.72.